The highest BCUT2D eigenvalue weighted by molar-refractivity contribution is 5.66. The van der Waals surface area contributed by atoms with E-state index in [1.54, 1.807) is 0 Å². The summed E-state index contributed by atoms with van der Waals surface area (Å²) in [6.45, 7) is 7.36. The molecular formula is C15H25N3O2. The van der Waals surface area contributed by atoms with E-state index in [4.69, 9.17) is 5.11 Å². The van der Waals surface area contributed by atoms with Gasteiger partial charge in [0, 0.05) is 31.7 Å². The van der Waals surface area contributed by atoms with E-state index in [1.807, 2.05) is 12.5 Å². The van der Waals surface area contributed by atoms with Crippen LogP contribution < -0.4 is 0 Å². The first kappa shape index (κ1) is 15.0. The average molecular weight is 279 g/mol. The van der Waals surface area contributed by atoms with Crippen molar-refractivity contribution < 1.29 is 9.90 Å². The Labute approximate surface area is 120 Å². The minimum atomic E-state index is -0.681. The molecule has 5 nitrogen and oxygen atoms in total. The summed E-state index contributed by atoms with van der Waals surface area (Å²) in [6, 6.07) is 0.431. The van der Waals surface area contributed by atoms with Gasteiger partial charge in [-0.2, -0.15) is 0 Å². The summed E-state index contributed by atoms with van der Waals surface area (Å²) < 4.78 is 2.21. The third-order valence-corrected chi connectivity index (χ3v) is 4.06. The number of piperidine rings is 1. The number of imidazole rings is 1. The SMILES string of the molecule is CC(C)n1cncc1CN1CCCC(CCC(=O)O)C1. The molecule has 1 unspecified atom stereocenters. The molecule has 1 saturated heterocycles. The number of aliphatic carboxylic acids is 1. The molecule has 1 aromatic rings. The van der Waals surface area contributed by atoms with E-state index in [0.717, 1.165) is 32.5 Å². The molecule has 1 atom stereocenters. The first-order valence-electron chi connectivity index (χ1n) is 7.51. The van der Waals surface area contributed by atoms with E-state index in [2.05, 4.69) is 28.3 Å². The zero-order chi connectivity index (χ0) is 14.5. The van der Waals surface area contributed by atoms with Gasteiger partial charge in [-0.1, -0.05) is 0 Å². The van der Waals surface area contributed by atoms with Crippen LogP contribution in [0.5, 0.6) is 0 Å². The highest BCUT2D eigenvalue weighted by atomic mass is 16.4. The van der Waals surface area contributed by atoms with Gasteiger partial charge in [-0.15, -0.1) is 0 Å². The fourth-order valence-corrected chi connectivity index (χ4v) is 3.01. The predicted molar refractivity (Wildman–Crippen MR) is 77.5 cm³/mol. The van der Waals surface area contributed by atoms with E-state index in [0.29, 0.717) is 18.4 Å². The Morgan fingerprint density at radius 3 is 3.05 bits per heavy atom. The summed E-state index contributed by atoms with van der Waals surface area (Å²) in [5.74, 6) is -0.157. The Balaban J connectivity index is 1.89. The first-order chi connectivity index (χ1) is 9.56. The van der Waals surface area contributed by atoms with Gasteiger partial charge in [0.05, 0.1) is 12.0 Å². The Hall–Kier alpha value is -1.36. The molecule has 0 amide bonds. The molecule has 0 radical (unpaired) electrons. The molecule has 0 aliphatic carbocycles. The first-order valence-corrected chi connectivity index (χ1v) is 7.51. The molecule has 5 heteroatoms. The maximum Gasteiger partial charge on any atom is 0.303 e. The molecule has 20 heavy (non-hydrogen) atoms. The van der Waals surface area contributed by atoms with E-state index in [9.17, 15) is 4.79 Å². The van der Waals surface area contributed by atoms with Crippen LogP contribution in [0.15, 0.2) is 12.5 Å². The number of carboxylic acid groups (broad SMARTS) is 1. The number of carbonyl (C=O) groups is 1. The Bertz CT molecular complexity index is 442. The lowest BCUT2D eigenvalue weighted by atomic mass is 9.93. The Morgan fingerprint density at radius 2 is 2.35 bits per heavy atom. The van der Waals surface area contributed by atoms with Crippen LogP contribution in [0.4, 0.5) is 0 Å². The minimum Gasteiger partial charge on any atom is -0.481 e. The number of hydrogen-bond donors (Lipinski definition) is 1. The van der Waals surface area contributed by atoms with Crippen molar-refractivity contribution in [3.05, 3.63) is 18.2 Å². The third kappa shape index (κ3) is 4.07. The van der Waals surface area contributed by atoms with Crippen molar-refractivity contribution in [3.63, 3.8) is 0 Å². The van der Waals surface area contributed by atoms with Crippen LogP contribution >= 0.6 is 0 Å². The minimum absolute atomic E-state index is 0.294. The molecule has 2 heterocycles. The molecule has 1 aliphatic rings. The van der Waals surface area contributed by atoms with Gasteiger partial charge >= 0.3 is 5.97 Å². The summed E-state index contributed by atoms with van der Waals surface area (Å²) in [7, 11) is 0. The molecule has 0 saturated carbocycles. The van der Waals surface area contributed by atoms with Gasteiger partial charge in [0.2, 0.25) is 0 Å². The molecular weight excluding hydrogens is 254 g/mol. The molecule has 1 aromatic heterocycles. The second-order valence-electron chi connectivity index (χ2n) is 6.06. The maximum atomic E-state index is 10.7. The van der Waals surface area contributed by atoms with Gasteiger partial charge in [0.25, 0.3) is 0 Å². The number of carboxylic acids is 1. The summed E-state index contributed by atoms with van der Waals surface area (Å²) >= 11 is 0. The zero-order valence-electron chi connectivity index (χ0n) is 12.5. The molecule has 0 spiro atoms. The average Bonchev–Trinajstić information content (AvgIpc) is 2.85. The van der Waals surface area contributed by atoms with Gasteiger partial charge in [-0.05, 0) is 45.6 Å². The van der Waals surface area contributed by atoms with Crippen LogP contribution in [0, 0.1) is 5.92 Å². The van der Waals surface area contributed by atoms with Gasteiger partial charge in [0.1, 0.15) is 0 Å². The van der Waals surface area contributed by atoms with Crippen molar-refractivity contribution >= 4 is 5.97 Å². The summed E-state index contributed by atoms with van der Waals surface area (Å²) in [6.07, 6.45) is 7.26. The van der Waals surface area contributed by atoms with Crippen molar-refractivity contribution in [2.45, 2.75) is 52.1 Å². The van der Waals surface area contributed by atoms with Gasteiger partial charge in [-0.3, -0.25) is 9.69 Å². The van der Waals surface area contributed by atoms with Crippen molar-refractivity contribution in [2.75, 3.05) is 13.1 Å². The normalized spacial score (nSPS) is 20.4. The largest absolute Gasteiger partial charge is 0.481 e. The standard InChI is InChI=1S/C15H25N3O2/c1-12(2)18-11-16-8-14(18)10-17-7-3-4-13(9-17)5-6-15(19)20/h8,11-13H,3-7,9-10H2,1-2H3,(H,19,20). The van der Waals surface area contributed by atoms with Crippen molar-refractivity contribution in [2.24, 2.45) is 5.92 Å². The van der Waals surface area contributed by atoms with E-state index < -0.39 is 5.97 Å². The summed E-state index contributed by atoms with van der Waals surface area (Å²) in [5.41, 5.74) is 1.25. The Morgan fingerprint density at radius 1 is 1.55 bits per heavy atom. The number of nitrogens with zero attached hydrogens (tertiary/aromatic N) is 3. The summed E-state index contributed by atoms with van der Waals surface area (Å²) in [5, 5.41) is 8.79. The van der Waals surface area contributed by atoms with Gasteiger partial charge in [-0.25, -0.2) is 4.98 Å². The predicted octanol–water partition coefficient (Wildman–Crippen LogP) is 2.54. The van der Waals surface area contributed by atoms with Crippen LogP contribution in [-0.4, -0.2) is 38.6 Å². The van der Waals surface area contributed by atoms with E-state index in [-0.39, 0.29) is 0 Å². The third-order valence-electron chi connectivity index (χ3n) is 4.06. The number of likely N-dealkylation sites (tertiary alicyclic amines) is 1. The quantitative estimate of drug-likeness (QED) is 0.869. The second kappa shape index (κ2) is 6.88. The zero-order valence-corrected chi connectivity index (χ0v) is 12.5. The van der Waals surface area contributed by atoms with Crippen LogP contribution in [-0.2, 0) is 11.3 Å². The van der Waals surface area contributed by atoms with Crippen LogP contribution in [0.3, 0.4) is 0 Å². The molecule has 1 fully saturated rings. The molecule has 112 valence electrons. The topological polar surface area (TPSA) is 58.4 Å². The van der Waals surface area contributed by atoms with Crippen LogP contribution in [0.1, 0.15) is 51.3 Å². The second-order valence-corrected chi connectivity index (χ2v) is 6.06. The molecule has 0 aromatic carbocycles. The number of rotatable bonds is 6. The summed E-state index contributed by atoms with van der Waals surface area (Å²) in [4.78, 5) is 17.4. The fourth-order valence-electron chi connectivity index (χ4n) is 3.01. The van der Waals surface area contributed by atoms with Gasteiger partial charge in [0.15, 0.2) is 0 Å². The van der Waals surface area contributed by atoms with Crippen LogP contribution in [0.2, 0.25) is 0 Å². The smallest absolute Gasteiger partial charge is 0.303 e. The Kier molecular flexibility index (Phi) is 5.17. The highest BCUT2D eigenvalue weighted by Crippen LogP contribution is 2.23. The van der Waals surface area contributed by atoms with Crippen molar-refractivity contribution in [1.29, 1.82) is 0 Å². The lowest BCUT2D eigenvalue weighted by molar-refractivity contribution is -0.137. The van der Waals surface area contributed by atoms with Crippen molar-refractivity contribution in [1.82, 2.24) is 14.5 Å². The maximum absolute atomic E-state index is 10.7. The highest BCUT2D eigenvalue weighted by Gasteiger charge is 2.21. The monoisotopic (exact) mass is 279 g/mol. The van der Waals surface area contributed by atoms with Crippen molar-refractivity contribution in [3.8, 4) is 0 Å². The lowest BCUT2D eigenvalue weighted by Crippen LogP contribution is -2.35. The number of aromatic nitrogens is 2. The lowest BCUT2D eigenvalue weighted by Gasteiger charge is -2.32. The molecule has 1 N–H and O–H groups in total. The fraction of sp³-hybridized carbons (Fsp3) is 0.733. The molecule has 1 aliphatic heterocycles. The van der Waals surface area contributed by atoms with E-state index in [1.165, 1.54) is 12.1 Å². The molecule has 2 rings (SSSR count). The number of hydrogen-bond acceptors (Lipinski definition) is 3. The van der Waals surface area contributed by atoms with E-state index >= 15 is 0 Å². The molecule has 0 bridgehead atoms. The van der Waals surface area contributed by atoms with Crippen LogP contribution in [0.25, 0.3) is 0 Å². The van der Waals surface area contributed by atoms with Gasteiger partial charge < -0.3 is 9.67 Å².